The maximum absolute atomic E-state index is 13.3. The Morgan fingerprint density at radius 1 is 1.00 bits per heavy atom. The second kappa shape index (κ2) is 6.26. The molecule has 0 heterocycles. The summed E-state index contributed by atoms with van der Waals surface area (Å²) >= 11 is 0. The normalized spacial score (nSPS) is 12.5. The summed E-state index contributed by atoms with van der Waals surface area (Å²) in [4.78, 5) is 0. The quantitative estimate of drug-likeness (QED) is 0.663. The third-order valence-electron chi connectivity index (χ3n) is 3.49. The molecule has 0 bridgehead atoms. The van der Waals surface area contributed by atoms with E-state index < -0.39 is 23.5 Å². The molecule has 0 aromatic heterocycles. The van der Waals surface area contributed by atoms with Crippen LogP contribution in [0.25, 0.3) is 0 Å². The summed E-state index contributed by atoms with van der Waals surface area (Å²) in [5, 5.41) is 2.93. The van der Waals surface area contributed by atoms with Gasteiger partial charge in [0.25, 0.3) is 0 Å². The predicted octanol–water partition coefficient (Wildman–Crippen LogP) is 4.05. The number of hydrogen-bond donors (Lipinski definition) is 1. The Bertz CT molecular complexity index is 632. The average Bonchev–Trinajstić information content (AvgIpc) is 2.43. The largest absolute Gasteiger partial charge is 0.313 e. The third-order valence-corrected chi connectivity index (χ3v) is 3.49. The molecule has 5 heteroatoms. The van der Waals surface area contributed by atoms with Gasteiger partial charge in [-0.2, -0.15) is 0 Å². The lowest BCUT2D eigenvalue weighted by Crippen LogP contribution is -2.20. The van der Waals surface area contributed by atoms with Crippen molar-refractivity contribution < 1.29 is 17.6 Å². The summed E-state index contributed by atoms with van der Waals surface area (Å²) in [6.07, 6.45) is 0.410. The highest BCUT2D eigenvalue weighted by Gasteiger charge is 2.17. The molecule has 0 aliphatic rings. The molecule has 0 fully saturated rings. The smallest absolute Gasteiger partial charge is 0.194 e. The Kier molecular flexibility index (Phi) is 4.63. The van der Waals surface area contributed by atoms with Crippen molar-refractivity contribution in [2.45, 2.75) is 19.4 Å². The van der Waals surface area contributed by atoms with E-state index in [1.807, 2.05) is 0 Å². The Balaban J connectivity index is 2.32. The molecule has 1 nitrogen and oxygen atoms in total. The second-order valence-electron chi connectivity index (χ2n) is 4.91. The lowest BCUT2D eigenvalue weighted by atomic mass is 9.96. The number of hydrogen-bond acceptors (Lipinski definition) is 1. The summed E-state index contributed by atoms with van der Waals surface area (Å²) in [6.45, 7) is 1.76. The van der Waals surface area contributed by atoms with Crippen LogP contribution >= 0.6 is 0 Å². The van der Waals surface area contributed by atoms with Gasteiger partial charge in [-0.1, -0.05) is 6.07 Å². The molecule has 0 amide bonds. The molecule has 2 aromatic rings. The fourth-order valence-corrected chi connectivity index (χ4v) is 2.27. The molecule has 1 N–H and O–H groups in total. The number of benzene rings is 2. The van der Waals surface area contributed by atoms with E-state index in [1.165, 1.54) is 12.1 Å². The van der Waals surface area contributed by atoms with Crippen LogP contribution in [-0.2, 0) is 6.42 Å². The first kappa shape index (κ1) is 15.5. The van der Waals surface area contributed by atoms with Crippen LogP contribution in [0.2, 0.25) is 0 Å². The summed E-state index contributed by atoms with van der Waals surface area (Å²) in [6, 6.07) is 5.90. The van der Waals surface area contributed by atoms with Crippen LogP contribution in [0.1, 0.15) is 22.7 Å². The average molecular weight is 297 g/mol. The molecule has 0 aliphatic carbocycles. The molecule has 0 aliphatic heterocycles. The molecule has 21 heavy (non-hydrogen) atoms. The monoisotopic (exact) mass is 297 g/mol. The van der Waals surface area contributed by atoms with Crippen LogP contribution in [0.15, 0.2) is 30.3 Å². The van der Waals surface area contributed by atoms with Crippen molar-refractivity contribution >= 4 is 0 Å². The number of rotatable bonds is 4. The molecule has 0 saturated heterocycles. The molecule has 1 atom stereocenters. The lowest BCUT2D eigenvalue weighted by molar-refractivity contribution is 0.441. The minimum atomic E-state index is -1.48. The van der Waals surface area contributed by atoms with Crippen molar-refractivity contribution in [1.82, 2.24) is 5.32 Å². The molecular formula is C16H15F4N. The standard InChI is InChI=1S/C16H15F4N/c1-9-5-12(17)4-3-10(9)8-15(21-2)11-6-13(18)16(20)14(19)7-11/h3-7,15,21H,8H2,1-2H3. The highest BCUT2D eigenvalue weighted by Crippen LogP contribution is 2.24. The van der Waals surface area contributed by atoms with E-state index in [-0.39, 0.29) is 5.82 Å². The number of halogens is 4. The van der Waals surface area contributed by atoms with Gasteiger partial charge in [0.2, 0.25) is 0 Å². The zero-order valence-corrected chi connectivity index (χ0v) is 11.7. The predicted molar refractivity (Wildman–Crippen MR) is 73.0 cm³/mol. The zero-order chi connectivity index (χ0) is 15.6. The van der Waals surface area contributed by atoms with Gasteiger partial charge in [0.15, 0.2) is 17.5 Å². The Morgan fingerprint density at radius 2 is 1.62 bits per heavy atom. The molecular weight excluding hydrogens is 282 g/mol. The summed E-state index contributed by atoms with van der Waals surface area (Å²) in [5.74, 6) is -4.26. The number of likely N-dealkylation sites (N-methyl/N-ethyl adjacent to an activating group) is 1. The van der Waals surface area contributed by atoms with Gasteiger partial charge in [0.05, 0.1) is 0 Å². The van der Waals surface area contributed by atoms with Gasteiger partial charge < -0.3 is 5.32 Å². The van der Waals surface area contributed by atoms with Crippen molar-refractivity contribution in [2.75, 3.05) is 7.05 Å². The van der Waals surface area contributed by atoms with Crippen LogP contribution in [0, 0.1) is 30.2 Å². The molecule has 0 spiro atoms. The SMILES string of the molecule is CNC(Cc1ccc(F)cc1C)c1cc(F)c(F)c(F)c1. The van der Waals surface area contributed by atoms with Crippen molar-refractivity contribution in [2.24, 2.45) is 0 Å². The van der Waals surface area contributed by atoms with Crippen LogP contribution in [-0.4, -0.2) is 7.05 Å². The molecule has 2 aromatic carbocycles. The van der Waals surface area contributed by atoms with E-state index in [0.29, 0.717) is 12.0 Å². The van der Waals surface area contributed by atoms with Gasteiger partial charge in [-0.3, -0.25) is 0 Å². The zero-order valence-electron chi connectivity index (χ0n) is 11.7. The lowest BCUT2D eigenvalue weighted by Gasteiger charge is -2.18. The third kappa shape index (κ3) is 3.42. The summed E-state index contributed by atoms with van der Waals surface area (Å²) < 4.78 is 52.7. The van der Waals surface area contributed by atoms with E-state index in [2.05, 4.69) is 5.32 Å². The van der Waals surface area contributed by atoms with Crippen molar-refractivity contribution in [3.05, 3.63) is 70.3 Å². The number of nitrogens with one attached hydrogen (secondary N) is 1. The van der Waals surface area contributed by atoms with Crippen molar-refractivity contribution in [1.29, 1.82) is 0 Å². The summed E-state index contributed by atoms with van der Waals surface area (Å²) in [5.41, 5.74) is 1.90. The molecule has 2 rings (SSSR count). The van der Waals surface area contributed by atoms with Gasteiger partial charge >= 0.3 is 0 Å². The first-order valence-corrected chi connectivity index (χ1v) is 6.49. The Labute approximate surface area is 120 Å². The van der Waals surface area contributed by atoms with Crippen LogP contribution in [0.5, 0.6) is 0 Å². The maximum Gasteiger partial charge on any atom is 0.194 e. The van der Waals surface area contributed by atoms with Crippen LogP contribution in [0.4, 0.5) is 17.6 Å². The first-order valence-electron chi connectivity index (χ1n) is 6.49. The van der Waals surface area contributed by atoms with E-state index >= 15 is 0 Å². The highest BCUT2D eigenvalue weighted by molar-refractivity contribution is 5.30. The van der Waals surface area contributed by atoms with E-state index in [9.17, 15) is 17.6 Å². The highest BCUT2D eigenvalue weighted by atomic mass is 19.2. The van der Waals surface area contributed by atoms with Crippen molar-refractivity contribution in [3.63, 3.8) is 0 Å². The van der Waals surface area contributed by atoms with Gasteiger partial charge in [-0.05, 0) is 61.3 Å². The second-order valence-corrected chi connectivity index (χ2v) is 4.91. The van der Waals surface area contributed by atoms with Gasteiger partial charge in [-0.25, -0.2) is 17.6 Å². The molecule has 112 valence electrons. The van der Waals surface area contributed by atoms with E-state index in [1.54, 1.807) is 20.0 Å². The topological polar surface area (TPSA) is 12.0 Å². The maximum atomic E-state index is 13.3. The minimum Gasteiger partial charge on any atom is -0.313 e. The first-order chi connectivity index (χ1) is 9.92. The van der Waals surface area contributed by atoms with Crippen LogP contribution < -0.4 is 5.32 Å². The molecule has 0 saturated carbocycles. The summed E-state index contributed by atoms with van der Waals surface area (Å²) in [7, 11) is 1.64. The Morgan fingerprint density at radius 3 is 2.14 bits per heavy atom. The number of aryl methyl sites for hydroxylation is 1. The van der Waals surface area contributed by atoms with Crippen LogP contribution in [0.3, 0.4) is 0 Å². The van der Waals surface area contributed by atoms with Crippen molar-refractivity contribution in [3.8, 4) is 0 Å². The van der Waals surface area contributed by atoms with E-state index in [0.717, 1.165) is 23.3 Å². The molecule has 0 radical (unpaired) electrons. The molecule has 1 unspecified atom stereocenters. The van der Waals surface area contributed by atoms with Gasteiger partial charge in [0, 0.05) is 6.04 Å². The minimum absolute atomic E-state index is 0.303. The van der Waals surface area contributed by atoms with Gasteiger partial charge in [-0.15, -0.1) is 0 Å². The fourth-order valence-electron chi connectivity index (χ4n) is 2.27. The van der Waals surface area contributed by atoms with Gasteiger partial charge in [0.1, 0.15) is 5.82 Å². The Hall–Kier alpha value is -1.88. The van der Waals surface area contributed by atoms with E-state index in [4.69, 9.17) is 0 Å². The fraction of sp³-hybridized carbons (Fsp3) is 0.250.